The van der Waals surface area contributed by atoms with Gasteiger partial charge in [0, 0.05) is 18.4 Å². The topological polar surface area (TPSA) is 63.6 Å². The third-order valence-electron chi connectivity index (χ3n) is 7.73. The molecule has 0 amide bonds. The van der Waals surface area contributed by atoms with Crippen molar-refractivity contribution in [1.82, 2.24) is 0 Å². The lowest BCUT2D eigenvalue weighted by molar-refractivity contribution is -0.156. The van der Waals surface area contributed by atoms with Crippen LogP contribution in [0.1, 0.15) is 52.4 Å². The Morgan fingerprint density at radius 1 is 1.17 bits per heavy atom. The minimum absolute atomic E-state index is 0.0895. The van der Waals surface area contributed by atoms with Crippen LogP contribution in [0.25, 0.3) is 0 Å². The molecule has 2 saturated carbocycles. The Bertz CT molecular complexity index is 609. The molecule has 24 heavy (non-hydrogen) atoms. The number of allylic oxidation sites excluding steroid dienone is 2. The molecule has 132 valence electrons. The highest BCUT2D eigenvalue weighted by Crippen LogP contribution is 2.62. The van der Waals surface area contributed by atoms with Gasteiger partial charge < -0.3 is 9.84 Å². The van der Waals surface area contributed by atoms with Gasteiger partial charge in [-0.25, -0.2) is 0 Å². The number of aliphatic hydroxyl groups excluding tert-OH is 1. The molecule has 0 spiro atoms. The Morgan fingerprint density at radius 2 is 1.96 bits per heavy atom. The van der Waals surface area contributed by atoms with E-state index in [0.29, 0.717) is 25.4 Å². The summed E-state index contributed by atoms with van der Waals surface area (Å²) in [6, 6.07) is 0. The van der Waals surface area contributed by atoms with Crippen LogP contribution in [0, 0.1) is 28.6 Å². The lowest BCUT2D eigenvalue weighted by Crippen LogP contribution is -2.58. The number of carbonyl (C=O) groups excluding carboxylic acids is 2. The normalized spacial score (nSPS) is 48.7. The SMILES string of the molecule is CC12CC(O)C3C(CCC4=CC(=O)CCC43C)C1CCOCC2=O. The zero-order valence-electron chi connectivity index (χ0n) is 14.7. The molecule has 3 fully saturated rings. The summed E-state index contributed by atoms with van der Waals surface area (Å²) in [5.41, 5.74) is 0.686. The number of Topliss-reactive ketones (excluding diaryl/α,β-unsaturated/α-hetero) is 1. The fourth-order valence-electron chi connectivity index (χ4n) is 6.43. The highest BCUT2D eigenvalue weighted by atomic mass is 16.5. The molecular formula is C20H28O4. The average molecular weight is 332 g/mol. The average Bonchev–Trinajstić information content (AvgIpc) is 2.67. The van der Waals surface area contributed by atoms with Crippen LogP contribution in [0.15, 0.2) is 11.6 Å². The number of hydrogen-bond acceptors (Lipinski definition) is 4. The second kappa shape index (κ2) is 5.50. The van der Waals surface area contributed by atoms with Crippen molar-refractivity contribution in [1.29, 1.82) is 0 Å². The Labute approximate surface area is 143 Å². The Morgan fingerprint density at radius 3 is 2.75 bits per heavy atom. The fourth-order valence-corrected chi connectivity index (χ4v) is 6.43. The molecule has 0 bridgehead atoms. The molecule has 0 aromatic heterocycles. The van der Waals surface area contributed by atoms with Crippen LogP contribution in [-0.2, 0) is 14.3 Å². The van der Waals surface area contributed by atoms with Crippen LogP contribution in [0.4, 0.5) is 0 Å². The van der Waals surface area contributed by atoms with E-state index in [0.717, 1.165) is 25.7 Å². The molecule has 4 heteroatoms. The summed E-state index contributed by atoms with van der Waals surface area (Å²) in [6.07, 6.45) is 6.15. The van der Waals surface area contributed by atoms with Crippen LogP contribution in [-0.4, -0.2) is 36.0 Å². The monoisotopic (exact) mass is 332 g/mol. The predicted molar refractivity (Wildman–Crippen MR) is 89.3 cm³/mol. The van der Waals surface area contributed by atoms with Crippen molar-refractivity contribution in [2.24, 2.45) is 28.6 Å². The van der Waals surface area contributed by atoms with Gasteiger partial charge in [0.1, 0.15) is 6.61 Å². The predicted octanol–water partition coefficient (Wildman–Crippen LogP) is 2.68. The van der Waals surface area contributed by atoms with Crippen molar-refractivity contribution < 1.29 is 19.4 Å². The fraction of sp³-hybridized carbons (Fsp3) is 0.800. The molecule has 4 rings (SSSR count). The van der Waals surface area contributed by atoms with Gasteiger partial charge in [0.25, 0.3) is 0 Å². The lowest BCUT2D eigenvalue weighted by Gasteiger charge is -2.59. The van der Waals surface area contributed by atoms with Crippen molar-refractivity contribution in [2.75, 3.05) is 13.2 Å². The Kier molecular flexibility index (Phi) is 3.77. The molecule has 1 saturated heterocycles. The zero-order valence-corrected chi connectivity index (χ0v) is 14.7. The van der Waals surface area contributed by atoms with Crippen LogP contribution in [0.5, 0.6) is 0 Å². The van der Waals surface area contributed by atoms with E-state index >= 15 is 0 Å². The minimum Gasteiger partial charge on any atom is -0.393 e. The van der Waals surface area contributed by atoms with E-state index < -0.39 is 11.5 Å². The van der Waals surface area contributed by atoms with Crippen molar-refractivity contribution in [3.63, 3.8) is 0 Å². The Balaban J connectivity index is 1.75. The smallest absolute Gasteiger partial charge is 0.164 e. The maximum atomic E-state index is 12.7. The summed E-state index contributed by atoms with van der Waals surface area (Å²) in [6.45, 7) is 5.12. The summed E-state index contributed by atoms with van der Waals surface area (Å²) in [5.74, 6) is 1.19. The maximum Gasteiger partial charge on any atom is 0.164 e. The standard InChI is InChI=1S/C20H28O4/c1-19-7-5-13(21)9-12(19)3-4-14-15-6-8-24-11-17(23)20(15,2)10-16(22)18(14)19/h9,14-16,18,22H,3-8,10-11H2,1-2H3. The van der Waals surface area contributed by atoms with Crippen molar-refractivity contribution in [2.45, 2.75) is 58.5 Å². The van der Waals surface area contributed by atoms with Gasteiger partial charge >= 0.3 is 0 Å². The molecule has 4 aliphatic rings. The van der Waals surface area contributed by atoms with Crippen LogP contribution >= 0.6 is 0 Å². The van der Waals surface area contributed by atoms with E-state index in [2.05, 4.69) is 6.92 Å². The van der Waals surface area contributed by atoms with E-state index in [1.54, 1.807) is 0 Å². The van der Waals surface area contributed by atoms with E-state index in [1.807, 2.05) is 13.0 Å². The van der Waals surface area contributed by atoms with Crippen LogP contribution in [0.2, 0.25) is 0 Å². The zero-order chi connectivity index (χ0) is 17.1. The Hall–Kier alpha value is -1.00. The maximum absolute atomic E-state index is 12.7. The number of carbonyl (C=O) groups is 2. The molecule has 1 N–H and O–H groups in total. The highest BCUT2D eigenvalue weighted by molar-refractivity contribution is 5.91. The number of hydrogen-bond donors (Lipinski definition) is 1. The molecule has 0 radical (unpaired) electrons. The molecular weight excluding hydrogens is 304 g/mol. The molecule has 1 aliphatic heterocycles. The van der Waals surface area contributed by atoms with Crippen LogP contribution < -0.4 is 0 Å². The molecule has 0 aromatic carbocycles. The summed E-state index contributed by atoms with van der Waals surface area (Å²) < 4.78 is 5.54. The van der Waals surface area contributed by atoms with Gasteiger partial charge in [-0.15, -0.1) is 0 Å². The third-order valence-corrected chi connectivity index (χ3v) is 7.73. The second-order valence-electron chi connectivity index (χ2n) is 8.84. The molecule has 6 atom stereocenters. The van der Waals surface area contributed by atoms with E-state index in [-0.39, 0.29) is 35.4 Å². The summed E-state index contributed by atoms with van der Waals surface area (Å²) in [7, 11) is 0. The first-order valence-electron chi connectivity index (χ1n) is 9.39. The number of rotatable bonds is 0. The van der Waals surface area contributed by atoms with E-state index in [4.69, 9.17) is 4.74 Å². The number of ether oxygens (including phenoxy) is 1. The second-order valence-corrected chi connectivity index (χ2v) is 8.84. The van der Waals surface area contributed by atoms with Gasteiger partial charge in [-0.1, -0.05) is 19.4 Å². The number of fused-ring (bicyclic) bond motifs is 5. The van der Waals surface area contributed by atoms with E-state index in [1.165, 1.54) is 5.57 Å². The molecule has 6 unspecified atom stereocenters. The van der Waals surface area contributed by atoms with E-state index in [9.17, 15) is 14.7 Å². The first-order chi connectivity index (χ1) is 11.4. The molecule has 0 aromatic rings. The van der Waals surface area contributed by atoms with Gasteiger partial charge in [-0.3, -0.25) is 9.59 Å². The first kappa shape index (κ1) is 16.5. The number of aliphatic hydroxyl groups is 1. The third kappa shape index (κ3) is 2.19. The van der Waals surface area contributed by atoms with Crippen molar-refractivity contribution in [3.8, 4) is 0 Å². The first-order valence-corrected chi connectivity index (χ1v) is 9.39. The van der Waals surface area contributed by atoms with Crippen LogP contribution in [0.3, 0.4) is 0 Å². The summed E-state index contributed by atoms with van der Waals surface area (Å²) in [4.78, 5) is 24.6. The minimum atomic E-state index is -0.472. The van der Waals surface area contributed by atoms with Gasteiger partial charge in [0.05, 0.1) is 6.10 Å². The highest BCUT2D eigenvalue weighted by Gasteiger charge is 2.60. The molecule has 1 heterocycles. The lowest BCUT2D eigenvalue weighted by atomic mass is 9.45. The van der Waals surface area contributed by atoms with Gasteiger partial charge in [-0.05, 0) is 61.3 Å². The van der Waals surface area contributed by atoms with Crippen molar-refractivity contribution in [3.05, 3.63) is 11.6 Å². The quantitative estimate of drug-likeness (QED) is 0.741. The largest absolute Gasteiger partial charge is 0.393 e. The van der Waals surface area contributed by atoms with Gasteiger partial charge in [0.15, 0.2) is 11.6 Å². The summed E-state index contributed by atoms with van der Waals surface area (Å²) >= 11 is 0. The number of ketones is 2. The molecule has 4 nitrogen and oxygen atoms in total. The summed E-state index contributed by atoms with van der Waals surface area (Å²) in [5, 5.41) is 11.1. The van der Waals surface area contributed by atoms with Gasteiger partial charge in [-0.2, -0.15) is 0 Å². The molecule has 3 aliphatic carbocycles. The van der Waals surface area contributed by atoms with Gasteiger partial charge in [0.2, 0.25) is 0 Å². The van der Waals surface area contributed by atoms with Crippen molar-refractivity contribution >= 4 is 11.6 Å².